The summed E-state index contributed by atoms with van der Waals surface area (Å²) < 4.78 is 0. The third-order valence-electron chi connectivity index (χ3n) is 2.32. The predicted octanol–water partition coefficient (Wildman–Crippen LogP) is 1.35. The second-order valence-corrected chi connectivity index (χ2v) is 3.70. The van der Waals surface area contributed by atoms with Gasteiger partial charge >= 0.3 is 5.97 Å². The zero-order chi connectivity index (χ0) is 14.4. The number of hydrogen-bond acceptors (Lipinski definition) is 4. The highest BCUT2D eigenvalue weighted by atomic mass is 16.6. The lowest BCUT2D eigenvalue weighted by molar-refractivity contribution is -0.384. The minimum Gasteiger partial charge on any atom is -0.480 e. The number of nitrogens with one attached hydrogen (secondary N) is 1. The molecule has 1 rings (SSSR count). The molecule has 2 N–H and O–H groups in total. The molecule has 0 aliphatic rings. The van der Waals surface area contributed by atoms with Gasteiger partial charge in [-0.3, -0.25) is 14.9 Å². The lowest BCUT2D eigenvalue weighted by atomic mass is 10.1. The molecule has 0 aliphatic carbocycles. The van der Waals surface area contributed by atoms with Crippen LogP contribution in [0.25, 0.3) is 0 Å². The van der Waals surface area contributed by atoms with Gasteiger partial charge in [0.15, 0.2) is 0 Å². The lowest BCUT2D eigenvalue weighted by Crippen LogP contribution is -2.40. The number of hydrogen-bond donors (Lipinski definition) is 2. The Bertz CT molecular complexity index is 527. The van der Waals surface area contributed by atoms with Gasteiger partial charge in [0.25, 0.3) is 11.6 Å². The predicted molar refractivity (Wildman–Crippen MR) is 66.8 cm³/mol. The van der Waals surface area contributed by atoms with E-state index in [4.69, 9.17) is 5.11 Å². The molecule has 0 fully saturated rings. The number of nitro groups is 1. The van der Waals surface area contributed by atoms with Gasteiger partial charge < -0.3 is 10.4 Å². The van der Waals surface area contributed by atoms with Gasteiger partial charge in [0.2, 0.25) is 0 Å². The summed E-state index contributed by atoms with van der Waals surface area (Å²) >= 11 is 0. The first-order valence-electron chi connectivity index (χ1n) is 5.34. The van der Waals surface area contributed by atoms with Gasteiger partial charge in [-0.15, -0.1) is 6.58 Å². The van der Waals surface area contributed by atoms with Crippen molar-refractivity contribution < 1.29 is 19.6 Å². The van der Waals surface area contributed by atoms with E-state index in [0.717, 1.165) is 6.07 Å². The van der Waals surface area contributed by atoms with Crippen LogP contribution in [0.4, 0.5) is 5.69 Å². The first-order chi connectivity index (χ1) is 8.95. The minimum absolute atomic E-state index is 0.0320. The quantitative estimate of drug-likeness (QED) is 0.458. The number of amides is 1. The number of carboxylic acid groups (broad SMARTS) is 1. The molecule has 19 heavy (non-hydrogen) atoms. The van der Waals surface area contributed by atoms with E-state index in [-0.39, 0.29) is 17.7 Å². The summed E-state index contributed by atoms with van der Waals surface area (Å²) in [5, 5.41) is 21.7. The van der Waals surface area contributed by atoms with Gasteiger partial charge in [-0.1, -0.05) is 12.1 Å². The average Bonchev–Trinajstić information content (AvgIpc) is 2.38. The van der Waals surface area contributed by atoms with Crippen LogP contribution in [-0.4, -0.2) is 27.9 Å². The number of aliphatic carboxylic acids is 1. The molecule has 0 heterocycles. The van der Waals surface area contributed by atoms with Crippen molar-refractivity contribution in [2.75, 3.05) is 0 Å². The van der Waals surface area contributed by atoms with E-state index in [0.29, 0.717) is 0 Å². The second-order valence-electron chi connectivity index (χ2n) is 3.70. The molecule has 1 amide bonds. The summed E-state index contributed by atoms with van der Waals surface area (Å²) in [4.78, 5) is 32.6. The Morgan fingerprint density at radius 3 is 2.74 bits per heavy atom. The number of nitro benzene ring substituents is 1. The largest absolute Gasteiger partial charge is 0.480 e. The van der Waals surface area contributed by atoms with Crippen LogP contribution in [0.5, 0.6) is 0 Å². The van der Waals surface area contributed by atoms with Crippen molar-refractivity contribution in [3.05, 3.63) is 52.6 Å². The molecule has 0 aliphatic heterocycles. The third-order valence-corrected chi connectivity index (χ3v) is 2.32. The Morgan fingerprint density at radius 1 is 1.53 bits per heavy atom. The third kappa shape index (κ3) is 3.91. The Morgan fingerprint density at radius 2 is 2.21 bits per heavy atom. The fourth-order valence-electron chi connectivity index (χ4n) is 1.39. The molecule has 7 nitrogen and oxygen atoms in total. The molecule has 0 saturated carbocycles. The van der Waals surface area contributed by atoms with Crippen molar-refractivity contribution in [3.63, 3.8) is 0 Å². The van der Waals surface area contributed by atoms with Crippen LogP contribution in [-0.2, 0) is 4.79 Å². The minimum atomic E-state index is -1.20. The molecular weight excluding hydrogens is 252 g/mol. The molecule has 0 radical (unpaired) electrons. The molecular formula is C12H12N2O5. The van der Waals surface area contributed by atoms with Crippen LogP contribution in [0.15, 0.2) is 36.9 Å². The summed E-state index contributed by atoms with van der Waals surface area (Å²) in [5.74, 6) is -1.88. The van der Waals surface area contributed by atoms with Gasteiger partial charge in [-0.2, -0.15) is 0 Å². The van der Waals surface area contributed by atoms with E-state index in [1.54, 1.807) is 0 Å². The summed E-state index contributed by atoms with van der Waals surface area (Å²) in [5.41, 5.74) is -0.201. The molecule has 0 saturated heterocycles. The van der Waals surface area contributed by atoms with Crippen molar-refractivity contribution in [2.24, 2.45) is 0 Å². The van der Waals surface area contributed by atoms with Crippen molar-refractivity contribution in [1.82, 2.24) is 5.32 Å². The molecule has 0 bridgehead atoms. The Labute approximate surface area is 108 Å². The maximum Gasteiger partial charge on any atom is 0.326 e. The van der Waals surface area contributed by atoms with Crippen molar-refractivity contribution in [3.8, 4) is 0 Å². The monoisotopic (exact) mass is 264 g/mol. The van der Waals surface area contributed by atoms with E-state index in [1.165, 1.54) is 24.3 Å². The normalized spacial score (nSPS) is 11.4. The first kappa shape index (κ1) is 14.4. The summed E-state index contributed by atoms with van der Waals surface area (Å²) in [6.45, 7) is 3.40. The number of carboxylic acids is 1. The standard InChI is InChI=1S/C12H12N2O5/c1-2-4-10(12(16)17)13-11(15)8-5-3-6-9(7-8)14(18)19/h2-3,5-7,10H,1,4H2,(H,13,15)(H,16,17)/t10-/m0/s1. The maximum absolute atomic E-state index is 11.8. The Hall–Kier alpha value is -2.70. The molecule has 1 aromatic carbocycles. The van der Waals surface area contributed by atoms with Crippen LogP contribution >= 0.6 is 0 Å². The van der Waals surface area contributed by atoms with E-state index >= 15 is 0 Å². The number of nitrogens with zero attached hydrogens (tertiary/aromatic N) is 1. The summed E-state index contributed by atoms with van der Waals surface area (Å²) in [7, 11) is 0. The van der Waals surface area contributed by atoms with Crippen molar-refractivity contribution >= 4 is 17.6 Å². The zero-order valence-corrected chi connectivity index (χ0v) is 9.91. The number of non-ortho nitro benzene ring substituents is 1. The molecule has 1 atom stereocenters. The van der Waals surface area contributed by atoms with Gasteiger partial charge in [-0.05, 0) is 12.5 Å². The summed E-state index contributed by atoms with van der Waals surface area (Å²) in [6.07, 6.45) is 1.43. The second kappa shape index (κ2) is 6.29. The van der Waals surface area contributed by atoms with Crippen LogP contribution in [0.3, 0.4) is 0 Å². The van der Waals surface area contributed by atoms with E-state index in [2.05, 4.69) is 11.9 Å². The number of benzene rings is 1. The summed E-state index contributed by atoms with van der Waals surface area (Å²) in [6, 6.07) is 3.95. The number of carbonyl (C=O) groups is 2. The Kier molecular flexibility index (Phi) is 4.76. The number of rotatable bonds is 6. The lowest BCUT2D eigenvalue weighted by Gasteiger charge is -2.12. The molecule has 0 spiro atoms. The van der Waals surface area contributed by atoms with Gasteiger partial charge in [-0.25, -0.2) is 4.79 Å². The first-order valence-corrected chi connectivity index (χ1v) is 5.34. The van der Waals surface area contributed by atoms with E-state index in [9.17, 15) is 19.7 Å². The molecule has 0 aromatic heterocycles. The van der Waals surface area contributed by atoms with E-state index < -0.39 is 22.8 Å². The fraction of sp³-hybridized carbons (Fsp3) is 0.167. The van der Waals surface area contributed by atoms with Crippen molar-refractivity contribution in [2.45, 2.75) is 12.5 Å². The van der Waals surface area contributed by atoms with Crippen LogP contribution < -0.4 is 5.32 Å². The highest BCUT2D eigenvalue weighted by Gasteiger charge is 2.20. The molecule has 100 valence electrons. The van der Waals surface area contributed by atoms with Crippen molar-refractivity contribution in [1.29, 1.82) is 0 Å². The van der Waals surface area contributed by atoms with Crippen LogP contribution in [0, 0.1) is 10.1 Å². The smallest absolute Gasteiger partial charge is 0.326 e. The van der Waals surface area contributed by atoms with Crippen LogP contribution in [0.2, 0.25) is 0 Å². The van der Waals surface area contributed by atoms with Gasteiger partial charge in [0, 0.05) is 17.7 Å². The zero-order valence-electron chi connectivity index (χ0n) is 9.91. The Balaban J connectivity index is 2.88. The van der Waals surface area contributed by atoms with Gasteiger partial charge in [0.1, 0.15) is 6.04 Å². The molecule has 7 heteroatoms. The topological polar surface area (TPSA) is 110 Å². The van der Waals surface area contributed by atoms with Crippen LogP contribution in [0.1, 0.15) is 16.8 Å². The molecule has 1 aromatic rings. The average molecular weight is 264 g/mol. The maximum atomic E-state index is 11.8. The molecule has 0 unspecified atom stereocenters. The highest BCUT2D eigenvalue weighted by Crippen LogP contribution is 2.13. The highest BCUT2D eigenvalue weighted by molar-refractivity contribution is 5.97. The van der Waals surface area contributed by atoms with Gasteiger partial charge in [0.05, 0.1) is 4.92 Å². The fourth-order valence-corrected chi connectivity index (χ4v) is 1.39. The number of carbonyl (C=O) groups excluding carboxylic acids is 1. The van der Waals surface area contributed by atoms with E-state index in [1.807, 2.05) is 0 Å². The SMILES string of the molecule is C=CC[C@H](NC(=O)c1cccc([N+](=O)[O-])c1)C(=O)O.